The molecule has 0 N–H and O–H groups in total. The molecule has 0 aliphatic carbocycles. The number of hydrogen-bond donors (Lipinski definition) is 0. The monoisotopic (exact) mass is 386 g/mol. The third-order valence-corrected chi connectivity index (χ3v) is 4.90. The van der Waals surface area contributed by atoms with Crippen LogP contribution in [0.1, 0.15) is 23.6 Å². The van der Waals surface area contributed by atoms with E-state index in [0.717, 1.165) is 35.4 Å². The number of amidine groups is 1. The van der Waals surface area contributed by atoms with Crippen LogP contribution in [0.2, 0.25) is 0 Å². The number of rotatable bonds is 5. The first-order valence-corrected chi connectivity index (χ1v) is 9.07. The molecule has 4 heteroatoms. The highest BCUT2D eigenvalue weighted by atomic mass is 79.9. The molecule has 1 heterocycles. The maximum atomic E-state index is 5.50. The van der Waals surface area contributed by atoms with Gasteiger partial charge in [-0.25, -0.2) is 0 Å². The number of nitrogens with zero attached hydrogens (tertiary/aromatic N) is 2. The van der Waals surface area contributed by atoms with Crippen molar-refractivity contribution in [1.29, 1.82) is 0 Å². The zero-order valence-electron chi connectivity index (χ0n) is 14.4. The Morgan fingerprint density at radius 2 is 1.92 bits per heavy atom. The predicted molar refractivity (Wildman–Crippen MR) is 103 cm³/mol. The van der Waals surface area contributed by atoms with E-state index in [4.69, 9.17) is 9.73 Å². The standard InChI is InChI=1S/C20H23BrN2O/c1-14-13-23(2)20(22-14)18-7-5-4-6-15(18)8-9-16-12-17(21)10-11-19(16)24-3/h4-7,10-12,14H,8-9,13H2,1-3H3/t14-/m1/s1. The molecule has 0 radical (unpaired) electrons. The van der Waals surface area contributed by atoms with Gasteiger partial charge in [0.05, 0.1) is 13.2 Å². The van der Waals surface area contributed by atoms with E-state index in [1.54, 1.807) is 7.11 Å². The number of hydrogen-bond acceptors (Lipinski definition) is 3. The Balaban J connectivity index is 1.85. The molecule has 0 bridgehead atoms. The molecule has 0 amide bonds. The molecule has 0 saturated carbocycles. The second kappa shape index (κ2) is 7.39. The Labute approximate surface area is 152 Å². The second-order valence-electron chi connectivity index (χ2n) is 6.30. The quantitative estimate of drug-likeness (QED) is 0.763. The minimum Gasteiger partial charge on any atom is -0.496 e. The molecule has 0 aromatic heterocycles. The van der Waals surface area contributed by atoms with Gasteiger partial charge in [-0.15, -0.1) is 0 Å². The molecule has 2 aromatic rings. The summed E-state index contributed by atoms with van der Waals surface area (Å²) in [6.45, 7) is 3.15. The summed E-state index contributed by atoms with van der Waals surface area (Å²) in [5.74, 6) is 2.05. The van der Waals surface area contributed by atoms with Gasteiger partial charge in [-0.05, 0) is 49.1 Å². The van der Waals surface area contributed by atoms with E-state index < -0.39 is 0 Å². The summed E-state index contributed by atoms with van der Waals surface area (Å²) in [4.78, 5) is 7.07. The Bertz CT molecular complexity index is 757. The summed E-state index contributed by atoms with van der Waals surface area (Å²) in [6.07, 6.45) is 1.90. The minimum atomic E-state index is 0.364. The van der Waals surface area contributed by atoms with Gasteiger partial charge in [-0.3, -0.25) is 4.99 Å². The molecule has 0 saturated heterocycles. The molecular formula is C20H23BrN2O. The van der Waals surface area contributed by atoms with Crippen molar-refractivity contribution < 1.29 is 4.74 Å². The van der Waals surface area contributed by atoms with E-state index in [0.29, 0.717) is 6.04 Å². The van der Waals surface area contributed by atoms with Crippen LogP contribution in [-0.4, -0.2) is 37.5 Å². The smallest absolute Gasteiger partial charge is 0.131 e. The van der Waals surface area contributed by atoms with E-state index in [-0.39, 0.29) is 0 Å². The van der Waals surface area contributed by atoms with E-state index in [1.807, 2.05) is 12.1 Å². The topological polar surface area (TPSA) is 24.8 Å². The number of likely N-dealkylation sites (N-methyl/N-ethyl adjacent to an activating group) is 1. The third kappa shape index (κ3) is 3.64. The van der Waals surface area contributed by atoms with Gasteiger partial charge >= 0.3 is 0 Å². The van der Waals surface area contributed by atoms with Crippen LogP contribution in [-0.2, 0) is 12.8 Å². The average Bonchev–Trinajstić information content (AvgIpc) is 2.91. The van der Waals surface area contributed by atoms with Crippen molar-refractivity contribution >= 4 is 21.8 Å². The van der Waals surface area contributed by atoms with Crippen LogP contribution in [0, 0.1) is 0 Å². The lowest BCUT2D eigenvalue weighted by Crippen LogP contribution is -2.25. The minimum absolute atomic E-state index is 0.364. The first-order valence-electron chi connectivity index (χ1n) is 8.28. The summed E-state index contributed by atoms with van der Waals surface area (Å²) in [5.41, 5.74) is 3.80. The number of methoxy groups -OCH3 is 1. The molecule has 1 aliphatic heterocycles. The van der Waals surface area contributed by atoms with Gasteiger partial charge in [0.15, 0.2) is 0 Å². The number of aliphatic imine (C=N–C) groups is 1. The van der Waals surface area contributed by atoms with E-state index in [2.05, 4.69) is 65.1 Å². The predicted octanol–water partition coefficient (Wildman–Crippen LogP) is 4.32. The molecule has 24 heavy (non-hydrogen) atoms. The van der Waals surface area contributed by atoms with Gasteiger partial charge in [0.2, 0.25) is 0 Å². The molecule has 3 nitrogen and oxygen atoms in total. The summed E-state index contributed by atoms with van der Waals surface area (Å²) in [7, 11) is 3.85. The van der Waals surface area contributed by atoms with Crippen molar-refractivity contribution in [2.45, 2.75) is 25.8 Å². The van der Waals surface area contributed by atoms with Gasteiger partial charge in [-0.1, -0.05) is 40.2 Å². The number of aryl methyl sites for hydroxylation is 2. The molecule has 0 fully saturated rings. The third-order valence-electron chi connectivity index (χ3n) is 4.41. The van der Waals surface area contributed by atoms with Crippen LogP contribution in [0.5, 0.6) is 5.75 Å². The lowest BCUT2D eigenvalue weighted by molar-refractivity contribution is 0.409. The van der Waals surface area contributed by atoms with Crippen LogP contribution in [0.15, 0.2) is 51.9 Å². The van der Waals surface area contributed by atoms with Crippen LogP contribution < -0.4 is 4.74 Å². The molecule has 1 atom stereocenters. The molecule has 1 aliphatic rings. The zero-order valence-corrected chi connectivity index (χ0v) is 16.0. The van der Waals surface area contributed by atoms with Crippen molar-refractivity contribution in [3.05, 3.63) is 63.6 Å². The molecule has 3 rings (SSSR count). The highest BCUT2D eigenvalue weighted by Gasteiger charge is 2.21. The highest BCUT2D eigenvalue weighted by molar-refractivity contribution is 9.10. The van der Waals surface area contributed by atoms with Crippen LogP contribution in [0.3, 0.4) is 0 Å². The normalized spacial score (nSPS) is 17.1. The molecule has 0 unspecified atom stereocenters. The van der Waals surface area contributed by atoms with Crippen LogP contribution in [0.25, 0.3) is 0 Å². The molecular weight excluding hydrogens is 364 g/mol. The van der Waals surface area contributed by atoms with Gasteiger partial charge in [0, 0.05) is 23.6 Å². The van der Waals surface area contributed by atoms with Crippen LogP contribution in [0.4, 0.5) is 0 Å². The fourth-order valence-corrected chi connectivity index (χ4v) is 3.68. The maximum Gasteiger partial charge on any atom is 0.131 e. The Hall–Kier alpha value is -1.81. The van der Waals surface area contributed by atoms with Gasteiger partial charge in [0.1, 0.15) is 11.6 Å². The average molecular weight is 387 g/mol. The van der Waals surface area contributed by atoms with Crippen molar-refractivity contribution in [3.8, 4) is 5.75 Å². The first-order chi connectivity index (χ1) is 11.6. The second-order valence-corrected chi connectivity index (χ2v) is 7.21. The van der Waals surface area contributed by atoms with Gasteiger partial charge in [0.25, 0.3) is 0 Å². The summed E-state index contributed by atoms with van der Waals surface area (Å²) in [6, 6.07) is 15.1. The number of benzene rings is 2. The fourth-order valence-electron chi connectivity index (χ4n) is 3.27. The summed E-state index contributed by atoms with van der Waals surface area (Å²) >= 11 is 3.55. The zero-order chi connectivity index (χ0) is 17.1. The van der Waals surface area contributed by atoms with Crippen molar-refractivity contribution in [2.24, 2.45) is 4.99 Å². The highest BCUT2D eigenvalue weighted by Crippen LogP contribution is 2.25. The van der Waals surface area contributed by atoms with E-state index in [1.165, 1.54) is 16.7 Å². The van der Waals surface area contributed by atoms with Gasteiger partial charge in [-0.2, -0.15) is 0 Å². The number of ether oxygens (including phenoxy) is 1. The van der Waals surface area contributed by atoms with Crippen molar-refractivity contribution in [1.82, 2.24) is 4.90 Å². The van der Waals surface area contributed by atoms with Crippen molar-refractivity contribution in [3.63, 3.8) is 0 Å². The van der Waals surface area contributed by atoms with E-state index in [9.17, 15) is 0 Å². The Morgan fingerprint density at radius 1 is 1.17 bits per heavy atom. The van der Waals surface area contributed by atoms with Gasteiger partial charge < -0.3 is 9.64 Å². The molecule has 2 aromatic carbocycles. The Morgan fingerprint density at radius 3 is 2.62 bits per heavy atom. The Kier molecular flexibility index (Phi) is 5.24. The summed E-state index contributed by atoms with van der Waals surface area (Å²) < 4.78 is 6.58. The fraction of sp³-hybridized carbons (Fsp3) is 0.350. The molecule has 0 spiro atoms. The largest absolute Gasteiger partial charge is 0.496 e. The maximum absolute atomic E-state index is 5.50. The molecule has 126 valence electrons. The van der Waals surface area contributed by atoms with Crippen molar-refractivity contribution in [2.75, 3.05) is 20.7 Å². The van der Waals surface area contributed by atoms with Crippen LogP contribution >= 0.6 is 15.9 Å². The lowest BCUT2D eigenvalue weighted by atomic mass is 9.98. The van der Waals surface area contributed by atoms with E-state index >= 15 is 0 Å². The lowest BCUT2D eigenvalue weighted by Gasteiger charge is -2.17. The SMILES string of the molecule is COc1ccc(Br)cc1CCc1ccccc1C1=N[C@H](C)CN1C. The summed E-state index contributed by atoms with van der Waals surface area (Å²) in [5, 5.41) is 0. The first kappa shape index (κ1) is 17.0. The number of halogens is 1.